The van der Waals surface area contributed by atoms with Crippen LogP contribution in [-0.2, 0) is 0 Å². The van der Waals surface area contributed by atoms with Crippen molar-refractivity contribution in [3.8, 4) is 0 Å². The van der Waals surface area contributed by atoms with E-state index >= 15 is 0 Å². The number of aliphatic hydroxyl groups is 1. The van der Waals surface area contributed by atoms with Crippen molar-refractivity contribution in [2.45, 2.75) is 32.5 Å². The molecule has 0 aliphatic carbocycles. The lowest BCUT2D eigenvalue weighted by molar-refractivity contribution is 0.0651. The molecule has 1 aromatic carbocycles. The number of amides is 1. The first-order valence-electron chi connectivity index (χ1n) is 8.13. The minimum atomic E-state index is -1.12. The Morgan fingerprint density at radius 3 is 2.32 bits per heavy atom. The number of carbonyl (C=O) groups excluding carboxylic acids is 1. The molecule has 2 N–H and O–H groups in total. The minimum Gasteiger partial charge on any atom is -0.396 e. The number of likely N-dealkylation sites (tertiary alicyclic amines) is 1. The summed E-state index contributed by atoms with van der Waals surface area (Å²) in [6, 6.07) is 7.81. The predicted octanol–water partition coefficient (Wildman–Crippen LogP) is 2.82. The van der Waals surface area contributed by atoms with Gasteiger partial charge in [0, 0.05) is 37.1 Å². The van der Waals surface area contributed by atoms with E-state index < -0.39 is 8.07 Å². The van der Waals surface area contributed by atoms with Crippen LogP contribution in [0, 0.1) is 5.92 Å². The quantitative estimate of drug-likeness (QED) is 0.820. The first-order valence-corrected chi connectivity index (χ1v) is 11.8. The molecule has 1 saturated heterocycles. The lowest BCUT2D eigenvalue weighted by Crippen LogP contribution is -2.39. The first kappa shape index (κ1) is 17.0. The summed E-state index contributed by atoms with van der Waals surface area (Å²) in [5.41, 5.74) is 1.83. The minimum absolute atomic E-state index is 0.105. The van der Waals surface area contributed by atoms with E-state index in [1.807, 2.05) is 29.2 Å². The van der Waals surface area contributed by atoms with Gasteiger partial charge in [0.15, 0.2) is 0 Å². The van der Waals surface area contributed by atoms with Crippen molar-refractivity contribution < 1.29 is 9.90 Å². The lowest BCUT2D eigenvalue weighted by Gasteiger charge is -2.31. The van der Waals surface area contributed by atoms with E-state index in [0.29, 0.717) is 5.92 Å². The highest BCUT2D eigenvalue weighted by Gasteiger charge is 2.23. The molecule has 1 aliphatic rings. The van der Waals surface area contributed by atoms with Crippen molar-refractivity contribution in [1.82, 2.24) is 4.90 Å². The Morgan fingerprint density at radius 1 is 1.23 bits per heavy atom. The summed E-state index contributed by atoms with van der Waals surface area (Å²) in [5, 5.41) is 12.6. The van der Waals surface area contributed by atoms with Crippen LogP contribution < -0.4 is 5.32 Å². The molecule has 1 fully saturated rings. The molecule has 22 heavy (non-hydrogen) atoms. The average molecular weight is 321 g/mol. The summed E-state index contributed by atoms with van der Waals surface area (Å²) >= 11 is 0. The zero-order valence-corrected chi connectivity index (χ0v) is 14.9. The van der Waals surface area contributed by atoms with Crippen LogP contribution >= 0.6 is 0 Å². The topological polar surface area (TPSA) is 52.6 Å². The Labute approximate surface area is 134 Å². The lowest BCUT2D eigenvalue weighted by atomic mass is 9.97. The van der Waals surface area contributed by atoms with Gasteiger partial charge in [-0.15, -0.1) is 0 Å². The summed E-state index contributed by atoms with van der Waals surface area (Å²) in [5.74, 6) is 0.463. The third kappa shape index (κ3) is 4.85. The number of rotatable bonds is 5. The predicted molar refractivity (Wildman–Crippen MR) is 94.0 cm³/mol. The maximum Gasteiger partial charge on any atom is 0.253 e. The first-order chi connectivity index (χ1) is 10.4. The van der Waals surface area contributed by atoms with Crippen molar-refractivity contribution >= 4 is 19.7 Å². The molecule has 5 heteroatoms. The van der Waals surface area contributed by atoms with Gasteiger partial charge in [-0.25, -0.2) is 0 Å². The van der Waals surface area contributed by atoms with Gasteiger partial charge in [0.05, 0.1) is 8.07 Å². The van der Waals surface area contributed by atoms with E-state index in [-0.39, 0.29) is 12.5 Å². The fourth-order valence-electron chi connectivity index (χ4n) is 2.60. The second-order valence-corrected chi connectivity index (χ2v) is 12.9. The number of aliphatic hydroxyl groups excluding tert-OH is 1. The summed E-state index contributed by atoms with van der Waals surface area (Å²) in [6.45, 7) is 8.72. The molecule has 1 amide bonds. The molecule has 1 aromatic rings. The molecule has 122 valence electrons. The van der Waals surface area contributed by atoms with E-state index in [4.69, 9.17) is 5.11 Å². The molecule has 0 spiro atoms. The number of nitrogens with zero attached hydrogens (tertiary/aromatic N) is 1. The van der Waals surface area contributed by atoms with Crippen LogP contribution in [0.1, 0.15) is 23.2 Å². The Kier molecular flexibility index (Phi) is 5.64. The zero-order chi connectivity index (χ0) is 16.2. The van der Waals surface area contributed by atoms with Crippen LogP contribution in [0.15, 0.2) is 24.3 Å². The Balaban J connectivity index is 1.91. The van der Waals surface area contributed by atoms with Gasteiger partial charge >= 0.3 is 0 Å². The maximum atomic E-state index is 12.5. The van der Waals surface area contributed by atoms with Crippen molar-refractivity contribution in [2.24, 2.45) is 5.92 Å². The van der Waals surface area contributed by atoms with Gasteiger partial charge in [0.25, 0.3) is 5.91 Å². The fourth-order valence-corrected chi connectivity index (χ4v) is 3.33. The second-order valence-electron chi connectivity index (χ2n) is 7.41. The molecule has 0 atom stereocenters. The summed E-state index contributed by atoms with van der Waals surface area (Å²) in [7, 11) is -1.12. The van der Waals surface area contributed by atoms with Gasteiger partial charge in [-0.3, -0.25) is 4.79 Å². The molecule has 4 nitrogen and oxygen atoms in total. The number of hydrogen-bond donors (Lipinski definition) is 2. The van der Waals surface area contributed by atoms with Gasteiger partial charge in [-0.1, -0.05) is 19.6 Å². The van der Waals surface area contributed by atoms with Crippen molar-refractivity contribution in [3.05, 3.63) is 29.8 Å². The highest BCUT2D eigenvalue weighted by atomic mass is 28.3. The molecule has 0 saturated carbocycles. The van der Waals surface area contributed by atoms with E-state index in [0.717, 1.165) is 43.4 Å². The van der Waals surface area contributed by atoms with E-state index in [1.54, 1.807) is 0 Å². The highest BCUT2D eigenvalue weighted by molar-refractivity contribution is 6.76. The Hall–Kier alpha value is -1.33. The molecule has 0 aromatic heterocycles. The van der Waals surface area contributed by atoms with Gasteiger partial charge in [0.1, 0.15) is 0 Å². The normalized spacial score (nSPS) is 16.6. The molecule has 2 rings (SSSR count). The molecule has 0 unspecified atom stereocenters. The van der Waals surface area contributed by atoms with Gasteiger partial charge in [-0.2, -0.15) is 0 Å². The van der Waals surface area contributed by atoms with Crippen LogP contribution in [0.5, 0.6) is 0 Å². The van der Waals surface area contributed by atoms with Crippen molar-refractivity contribution in [2.75, 3.05) is 31.2 Å². The Bertz CT molecular complexity index is 488. The van der Waals surface area contributed by atoms with Crippen LogP contribution in [0.3, 0.4) is 0 Å². The van der Waals surface area contributed by atoms with Gasteiger partial charge in [0.2, 0.25) is 0 Å². The largest absolute Gasteiger partial charge is 0.396 e. The third-order valence-corrected chi connectivity index (χ3v) is 5.35. The van der Waals surface area contributed by atoms with Crippen LogP contribution in [-0.4, -0.2) is 49.9 Å². The highest BCUT2D eigenvalue weighted by Crippen LogP contribution is 2.19. The number of hydrogen-bond acceptors (Lipinski definition) is 3. The number of nitrogens with one attached hydrogen (secondary N) is 1. The summed E-state index contributed by atoms with van der Waals surface area (Å²) < 4.78 is 0. The zero-order valence-electron chi connectivity index (χ0n) is 13.9. The molecule has 1 heterocycles. The van der Waals surface area contributed by atoms with Gasteiger partial charge in [-0.05, 0) is 43.0 Å². The Morgan fingerprint density at radius 2 is 1.82 bits per heavy atom. The second kappa shape index (κ2) is 7.29. The SMILES string of the molecule is C[Si](C)(C)CNc1ccc(C(=O)N2CCC(CO)CC2)cc1. The molecule has 1 aliphatic heterocycles. The van der Waals surface area contributed by atoms with Crippen LogP contribution in [0.25, 0.3) is 0 Å². The van der Waals surface area contributed by atoms with Crippen LogP contribution in [0.2, 0.25) is 19.6 Å². The third-order valence-electron chi connectivity index (χ3n) is 4.11. The van der Waals surface area contributed by atoms with E-state index in [1.165, 1.54) is 0 Å². The monoisotopic (exact) mass is 320 g/mol. The smallest absolute Gasteiger partial charge is 0.253 e. The standard InChI is InChI=1S/C17H28N2O2Si/c1-22(2,3)13-18-16-6-4-15(5-7-16)17(21)19-10-8-14(12-20)9-11-19/h4-7,14,18,20H,8-13H2,1-3H3. The summed E-state index contributed by atoms with van der Waals surface area (Å²) in [6.07, 6.45) is 2.84. The van der Waals surface area contributed by atoms with Crippen molar-refractivity contribution in [3.63, 3.8) is 0 Å². The van der Waals surface area contributed by atoms with E-state index in [2.05, 4.69) is 25.0 Å². The molecule has 0 radical (unpaired) electrons. The number of piperidine rings is 1. The number of anilines is 1. The molecule has 0 bridgehead atoms. The number of benzene rings is 1. The van der Waals surface area contributed by atoms with Crippen molar-refractivity contribution in [1.29, 1.82) is 0 Å². The average Bonchev–Trinajstić information content (AvgIpc) is 2.52. The molecular weight excluding hydrogens is 292 g/mol. The van der Waals surface area contributed by atoms with Crippen LogP contribution in [0.4, 0.5) is 5.69 Å². The van der Waals surface area contributed by atoms with E-state index in [9.17, 15) is 4.79 Å². The molecular formula is C17H28N2O2Si. The summed E-state index contributed by atoms with van der Waals surface area (Å²) in [4.78, 5) is 14.4. The fraction of sp³-hybridized carbons (Fsp3) is 0.588. The van der Waals surface area contributed by atoms with Gasteiger partial charge < -0.3 is 15.3 Å². The maximum absolute atomic E-state index is 12.5. The number of carbonyl (C=O) groups is 1.